The Morgan fingerprint density at radius 2 is 2.00 bits per heavy atom. The average Bonchev–Trinajstić information content (AvgIpc) is 3.21. The van der Waals surface area contributed by atoms with Crippen molar-refractivity contribution in [3.05, 3.63) is 42.7 Å². The molecule has 29 heavy (non-hydrogen) atoms. The van der Waals surface area contributed by atoms with Crippen LogP contribution in [0.1, 0.15) is 33.6 Å². The standard InChI is InChI=1S/C21H29N5O3/c1-21(2,3)29-20(28)24(4)16-9-7-13-25(15-16)19(27)23-17-10-5-6-11-18(17)26-14-8-12-22-26/h5-6,8,10-12,14,16H,7,9,13,15H2,1-4H3,(H,23,27)/t16-/m0/s1. The molecule has 2 heterocycles. The normalized spacial score (nSPS) is 17.0. The van der Waals surface area contributed by atoms with Crippen molar-refractivity contribution in [1.29, 1.82) is 0 Å². The van der Waals surface area contributed by atoms with E-state index < -0.39 is 5.60 Å². The number of likely N-dealkylation sites (N-methyl/N-ethyl adjacent to an activating group) is 1. The third-order valence-corrected chi connectivity index (χ3v) is 4.81. The van der Waals surface area contributed by atoms with Gasteiger partial charge in [-0.25, -0.2) is 14.3 Å². The van der Waals surface area contributed by atoms with Crippen LogP contribution in [0.3, 0.4) is 0 Å². The Balaban J connectivity index is 1.66. The molecule has 1 aliphatic rings. The van der Waals surface area contributed by atoms with E-state index in [1.165, 1.54) is 0 Å². The van der Waals surface area contributed by atoms with Gasteiger partial charge in [-0.15, -0.1) is 0 Å². The first-order valence-corrected chi connectivity index (χ1v) is 9.85. The first-order chi connectivity index (χ1) is 13.7. The van der Waals surface area contributed by atoms with Crippen molar-refractivity contribution in [3.63, 3.8) is 0 Å². The first kappa shape index (κ1) is 20.7. The second kappa shape index (κ2) is 8.55. The monoisotopic (exact) mass is 399 g/mol. The van der Waals surface area contributed by atoms with Crippen molar-refractivity contribution in [1.82, 2.24) is 19.6 Å². The fourth-order valence-corrected chi connectivity index (χ4v) is 3.32. The second-order valence-corrected chi connectivity index (χ2v) is 8.23. The van der Waals surface area contributed by atoms with Crippen LogP contribution in [0.5, 0.6) is 0 Å². The molecule has 0 spiro atoms. The van der Waals surface area contributed by atoms with Crippen LogP contribution in [-0.4, -0.2) is 63.5 Å². The maximum atomic E-state index is 12.9. The predicted octanol–water partition coefficient (Wildman–Crippen LogP) is 3.74. The summed E-state index contributed by atoms with van der Waals surface area (Å²) < 4.78 is 7.17. The van der Waals surface area contributed by atoms with E-state index in [9.17, 15) is 9.59 Å². The van der Waals surface area contributed by atoms with Gasteiger partial charge in [0.15, 0.2) is 0 Å². The molecule has 1 aromatic carbocycles. The molecule has 2 aromatic rings. The Kier molecular flexibility index (Phi) is 6.10. The third-order valence-electron chi connectivity index (χ3n) is 4.81. The number of carbonyl (C=O) groups is 2. The summed E-state index contributed by atoms with van der Waals surface area (Å²) in [4.78, 5) is 28.6. The van der Waals surface area contributed by atoms with Crippen molar-refractivity contribution < 1.29 is 14.3 Å². The highest BCUT2D eigenvalue weighted by molar-refractivity contribution is 5.91. The van der Waals surface area contributed by atoms with E-state index in [1.807, 2.05) is 57.3 Å². The fourth-order valence-electron chi connectivity index (χ4n) is 3.32. The summed E-state index contributed by atoms with van der Waals surface area (Å²) in [6, 6.07) is 9.09. The second-order valence-electron chi connectivity index (χ2n) is 8.23. The van der Waals surface area contributed by atoms with Crippen molar-refractivity contribution >= 4 is 17.8 Å². The molecular formula is C21H29N5O3. The van der Waals surface area contributed by atoms with Gasteiger partial charge in [-0.2, -0.15) is 5.10 Å². The molecule has 0 aliphatic carbocycles. The minimum atomic E-state index is -0.548. The molecule has 1 saturated heterocycles. The summed E-state index contributed by atoms with van der Waals surface area (Å²) in [5.41, 5.74) is 0.932. The van der Waals surface area contributed by atoms with Gasteiger partial charge in [0.25, 0.3) is 0 Å². The molecule has 1 N–H and O–H groups in total. The van der Waals surface area contributed by atoms with Gasteiger partial charge in [-0.05, 0) is 51.8 Å². The number of amides is 3. The highest BCUT2D eigenvalue weighted by atomic mass is 16.6. The van der Waals surface area contributed by atoms with Crippen LogP contribution in [0.4, 0.5) is 15.3 Å². The summed E-state index contributed by atoms with van der Waals surface area (Å²) in [5.74, 6) is 0. The third kappa shape index (κ3) is 5.28. The Morgan fingerprint density at radius 3 is 2.69 bits per heavy atom. The minimum Gasteiger partial charge on any atom is -0.444 e. The SMILES string of the molecule is CN(C(=O)OC(C)(C)C)[C@H]1CCCN(C(=O)Nc2ccccc2-n2cccn2)C1. The van der Waals surface area contributed by atoms with E-state index in [4.69, 9.17) is 4.74 Å². The summed E-state index contributed by atoms with van der Waals surface area (Å²) in [6.07, 6.45) is 4.82. The number of ether oxygens (including phenoxy) is 1. The maximum absolute atomic E-state index is 12.9. The smallest absolute Gasteiger partial charge is 0.410 e. The average molecular weight is 399 g/mol. The number of nitrogens with zero attached hydrogens (tertiary/aromatic N) is 4. The van der Waals surface area contributed by atoms with E-state index in [-0.39, 0.29) is 18.2 Å². The van der Waals surface area contributed by atoms with Gasteiger partial charge in [0.2, 0.25) is 0 Å². The number of rotatable bonds is 3. The lowest BCUT2D eigenvalue weighted by Crippen LogP contribution is -2.52. The summed E-state index contributed by atoms with van der Waals surface area (Å²) in [7, 11) is 1.73. The number of piperidine rings is 1. The number of benzene rings is 1. The number of likely N-dealkylation sites (tertiary alicyclic amines) is 1. The first-order valence-electron chi connectivity index (χ1n) is 9.85. The molecule has 156 valence electrons. The number of urea groups is 1. The Bertz CT molecular complexity index is 844. The highest BCUT2D eigenvalue weighted by Crippen LogP contribution is 2.22. The Hall–Kier alpha value is -3.03. The summed E-state index contributed by atoms with van der Waals surface area (Å²) in [6.45, 7) is 6.64. The summed E-state index contributed by atoms with van der Waals surface area (Å²) >= 11 is 0. The van der Waals surface area contributed by atoms with Crippen molar-refractivity contribution in [2.45, 2.75) is 45.3 Å². The lowest BCUT2D eigenvalue weighted by Gasteiger charge is -2.38. The quantitative estimate of drug-likeness (QED) is 0.853. The van der Waals surface area contributed by atoms with Crippen molar-refractivity contribution in [2.24, 2.45) is 0 Å². The maximum Gasteiger partial charge on any atom is 0.410 e. The van der Waals surface area contributed by atoms with Gasteiger partial charge in [-0.3, -0.25) is 0 Å². The van der Waals surface area contributed by atoms with Gasteiger partial charge in [0.05, 0.1) is 17.4 Å². The molecular weight excluding hydrogens is 370 g/mol. The van der Waals surface area contributed by atoms with Gasteiger partial charge >= 0.3 is 12.1 Å². The van der Waals surface area contributed by atoms with Crippen LogP contribution in [-0.2, 0) is 4.74 Å². The fraction of sp³-hybridized carbons (Fsp3) is 0.476. The van der Waals surface area contributed by atoms with Gasteiger partial charge in [0, 0.05) is 32.5 Å². The number of anilines is 1. The van der Waals surface area contributed by atoms with Crippen LogP contribution >= 0.6 is 0 Å². The van der Waals surface area contributed by atoms with Gasteiger partial charge < -0.3 is 19.9 Å². The van der Waals surface area contributed by atoms with E-state index in [1.54, 1.807) is 27.7 Å². The zero-order valence-corrected chi connectivity index (χ0v) is 17.5. The molecule has 8 nitrogen and oxygen atoms in total. The molecule has 8 heteroatoms. The molecule has 1 aromatic heterocycles. The largest absolute Gasteiger partial charge is 0.444 e. The Labute approximate surface area is 171 Å². The number of carbonyl (C=O) groups excluding carboxylic acids is 2. The molecule has 1 atom stereocenters. The Morgan fingerprint density at radius 1 is 1.24 bits per heavy atom. The highest BCUT2D eigenvalue weighted by Gasteiger charge is 2.31. The molecule has 3 amide bonds. The number of para-hydroxylation sites is 2. The van der Waals surface area contributed by atoms with E-state index >= 15 is 0 Å². The molecule has 1 aliphatic heterocycles. The number of hydrogen-bond donors (Lipinski definition) is 1. The molecule has 0 saturated carbocycles. The van der Waals surface area contributed by atoms with Gasteiger partial charge in [-0.1, -0.05) is 12.1 Å². The van der Waals surface area contributed by atoms with E-state index in [0.717, 1.165) is 18.5 Å². The van der Waals surface area contributed by atoms with Crippen LogP contribution in [0.25, 0.3) is 5.69 Å². The molecule has 1 fully saturated rings. The molecule has 0 bridgehead atoms. The lowest BCUT2D eigenvalue weighted by atomic mass is 10.1. The number of nitrogens with one attached hydrogen (secondary N) is 1. The molecule has 0 unspecified atom stereocenters. The topological polar surface area (TPSA) is 79.7 Å². The van der Waals surface area contributed by atoms with Crippen LogP contribution in [0, 0.1) is 0 Å². The van der Waals surface area contributed by atoms with Crippen molar-refractivity contribution in [2.75, 3.05) is 25.5 Å². The van der Waals surface area contributed by atoms with Crippen LogP contribution in [0.15, 0.2) is 42.7 Å². The zero-order valence-electron chi connectivity index (χ0n) is 17.5. The zero-order chi connectivity index (χ0) is 21.0. The minimum absolute atomic E-state index is 0.0780. The van der Waals surface area contributed by atoms with Gasteiger partial charge in [0.1, 0.15) is 5.60 Å². The van der Waals surface area contributed by atoms with Crippen LogP contribution in [0.2, 0.25) is 0 Å². The molecule has 3 rings (SSSR count). The lowest BCUT2D eigenvalue weighted by molar-refractivity contribution is 0.0158. The summed E-state index contributed by atoms with van der Waals surface area (Å²) in [5, 5.41) is 7.23. The van der Waals surface area contributed by atoms with Crippen molar-refractivity contribution in [3.8, 4) is 5.69 Å². The van der Waals surface area contributed by atoms with E-state index in [0.29, 0.717) is 18.8 Å². The van der Waals surface area contributed by atoms with Crippen LogP contribution < -0.4 is 5.32 Å². The number of aromatic nitrogens is 2. The molecule has 0 radical (unpaired) electrons. The van der Waals surface area contributed by atoms with E-state index in [2.05, 4.69) is 10.4 Å². The number of hydrogen-bond acceptors (Lipinski definition) is 4. The predicted molar refractivity (Wildman–Crippen MR) is 111 cm³/mol.